The van der Waals surface area contributed by atoms with Crippen LogP contribution in [0, 0.1) is 13.8 Å². The molecule has 2 aromatic carbocycles. The molecule has 3 aromatic rings. The molecule has 1 aromatic heterocycles. The molecular formula is C32H46Cl2N4O2. The number of aryl methyl sites for hydroxylation is 2. The van der Waals surface area contributed by atoms with E-state index in [1.807, 2.05) is 11.0 Å². The summed E-state index contributed by atoms with van der Waals surface area (Å²) in [4.78, 5) is 24.3. The van der Waals surface area contributed by atoms with E-state index in [1.165, 1.54) is 29.4 Å². The Balaban J connectivity index is 0.00000220. The number of rotatable bonds is 9. The van der Waals surface area contributed by atoms with E-state index in [-0.39, 0.29) is 30.7 Å². The molecule has 0 bridgehead atoms. The Morgan fingerprint density at radius 1 is 0.875 bits per heavy atom. The van der Waals surface area contributed by atoms with E-state index in [9.17, 15) is 4.79 Å². The smallest absolute Gasteiger partial charge is 0.270 e. The Kier molecular flexibility index (Phi) is 12.3. The first-order chi connectivity index (χ1) is 18.5. The van der Waals surface area contributed by atoms with Crippen molar-refractivity contribution in [2.24, 2.45) is 0 Å². The second kappa shape index (κ2) is 15.2. The third-order valence-corrected chi connectivity index (χ3v) is 8.51. The number of H-pyrrole nitrogens is 1. The molecule has 0 atom stereocenters. The van der Waals surface area contributed by atoms with Crippen molar-refractivity contribution in [1.29, 1.82) is 0 Å². The Morgan fingerprint density at radius 2 is 1.55 bits per heavy atom. The predicted molar refractivity (Wildman–Crippen MR) is 169 cm³/mol. The highest BCUT2D eigenvalue weighted by atomic mass is 35.5. The summed E-state index contributed by atoms with van der Waals surface area (Å²) in [7, 11) is 0. The summed E-state index contributed by atoms with van der Waals surface area (Å²) in [5.74, 6) is 0.767. The van der Waals surface area contributed by atoms with Crippen LogP contribution in [0.2, 0.25) is 0 Å². The van der Waals surface area contributed by atoms with Crippen LogP contribution in [0.4, 0.5) is 0 Å². The molecule has 0 aliphatic carbocycles. The fraction of sp³-hybridized carbons (Fsp3) is 0.531. The number of hydrogen-bond donors (Lipinski definition) is 1. The summed E-state index contributed by atoms with van der Waals surface area (Å²) in [6.07, 6.45) is 3.39. The fourth-order valence-corrected chi connectivity index (χ4v) is 6.39. The Morgan fingerprint density at radius 3 is 2.23 bits per heavy atom. The van der Waals surface area contributed by atoms with Crippen molar-refractivity contribution < 1.29 is 9.53 Å². The molecule has 40 heavy (non-hydrogen) atoms. The van der Waals surface area contributed by atoms with Crippen LogP contribution in [0.15, 0.2) is 42.5 Å². The van der Waals surface area contributed by atoms with Crippen molar-refractivity contribution in [3.63, 3.8) is 0 Å². The number of nitrogens with one attached hydrogen (secondary N) is 1. The van der Waals surface area contributed by atoms with Crippen LogP contribution in [0.3, 0.4) is 0 Å². The largest absolute Gasteiger partial charge is 0.380 e. The number of likely N-dealkylation sites (tertiary alicyclic amines) is 1. The molecule has 0 spiro atoms. The number of piperidine rings is 1. The first-order valence-electron chi connectivity index (χ1n) is 14.5. The van der Waals surface area contributed by atoms with Crippen molar-refractivity contribution >= 4 is 41.6 Å². The molecule has 2 saturated heterocycles. The third kappa shape index (κ3) is 7.40. The van der Waals surface area contributed by atoms with Crippen molar-refractivity contribution in [2.75, 3.05) is 59.0 Å². The number of amides is 1. The van der Waals surface area contributed by atoms with Crippen LogP contribution in [0.5, 0.6) is 0 Å². The Bertz CT molecular complexity index is 1210. The highest BCUT2D eigenvalue weighted by molar-refractivity contribution is 6.01. The zero-order valence-corrected chi connectivity index (χ0v) is 25.9. The molecule has 1 N–H and O–H groups in total. The molecule has 2 aliphatic rings. The van der Waals surface area contributed by atoms with Crippen molar-refractivity contribution in [1.82, 2.24) is 19.7 Å². The molecule has 220 valence electrons. The van der Waals surface area contributed by atoms with Gasteiger partial charge in [0.05, 0.1) is 6.61 Å². The maximum atomic E-state index is 13.8. The molecule has 3 heterocycles. The molecule has 2 fully saturated rings. The van der Waals surface area contributed by atoms with Crippen molar-refractivity contribution in [3.05, 3.63) is 70.4 Å². The first kappa shape index (κ1) is 32.4. The lowest BCUT2D eigenvalue weighted by molar-refractivity contribution is 0.0546. The third-order valence-electron chi connectivity index (χ3n) is 8.51. The number of halogens is 2. The maximum absolute atomic E-state index is 13.8. The van der Waals surface area contributed by atoms with Gasteiger partial charge in [-0.3, -0.25) is 14.6 Å². The van der Waals surface area contributed by atoms with E-state index in [2.05, 4.69) is 72.0 Å². The van der Waals surface area contributed by atoms with Gasteiger partial charge in [0.2, 0.25) is 0 Å². The topological polar surface area (TPSA) is 51.8 Å². The van der Waals surface area contributed by atoms with E-state index in [0.29, 0.717) is 5.92 Å². The zero-order chi connectivity index (χ0) is 26.5. The molecule has 2 aliphatic heterocycles. The van der Waals surface area contributed by atoms with Crippen LogP contribution in [-0.4, -0.2) is 84.6 Å². The number of aromatic nitrogens is 1. The van der Waals surface area contributed by atoms with Gasteiger partial charge in [0, 0.05) is 62.3 Å². The highest BCUT2D eigenvalue weighted by Crippen LogP contribution is 2.34. The normalized spacial score (nSPS) is 17.0. The minimum Gasteiger partial charge on any atom is -0.380 e. The standard InChI is InChI=1S/C32H44N4O2.2ClH/c1-4-21-38-22-20-34-16-18-36(19-17-34)32(37)31-28(27-10-5-6-11-29(27)33-31)23-35-14-12-26(13-15-35)30-24(2)8-7-9-25(30)3;;/h5-11,26,33H,4,12-23H2,1-3H3;2*1H. The summed E-state index contributed by atoms with van der Waals surface area (Å²) in [6.45, 7) is 15.5. The number of para-hydroxylation sites is 1. The second-order valence-corrected chi connectivity index (χ2v) is 11.1. The predicted octanol–water partition coefficient (Wildman–Crippen LogP) is 6.19. The number of carbonyl (C=O) groups excluding carboxylic acids is 1. The summed E-state index contributed by atoms with van der Waals surface area (Å²) >= 11 is 0. The monoisotopic (exact) mass is 588 g/mol. The van der Waals surface area contributed by atoms with E-state index in [0.717, 1.165) is 88.8 Å². The summed E-state index contributed by atoms with van der Waals surface area (Å²) in [5, 5.41) is 1.18. The van der Waals surface area contributed by atoms with Gasteiger partial charge in [0.1, 0.15) is 5.69 Å². The number of hydrogen-bond acceptors (Lipinski definition) is 4. The van der Waals surface area contributed by atoms with Gasteiger partial charge in [-0.15, -0.1) is 24.8 Å². The summed E-state index contributed by atoms with van der Waals surface area (Å²) in [6, 6.07) is 15.1. The number of fused-ring (bicyclic) bond motifs is 1. The number of nitrogens with zero attached hydrogens (tertiary/aromatic N) is 3. The lowest BCUT2D eigenvalue weighted by Gasteiger charge is -2.35. The van der Waals surface area contributed by atoms with Gasteiger partial charge >= 0.3 is 0 Å². The average molecular weight is 590 g/mol. The number of aromatic amines is 1. The lowest BCUT2D eigenvalue weighted by Crippen LogP contribution is -2.49. The van der Waals surface area contributed by atoms with Gasteiger partial charge in [-0.1, -0.05) is 43.3 Å². The van der Waals surface area contributed by atoms with Crippen molar-refractivity contribution in [2.45, 2.75) is 52.5 Å². The van der Waals surface area contributed by atoms with Crippen LogP contribution >= 0.6 is 24.8 Å². The quantitative estimate of drug-likeness (QED) is 0.303. The maximum Gasteiger partial charge on any atom is 0.270 e. The van der Waals surface area contributed by atoms with Crippen LogP contribution < -0.4 is 0 Å². The van der Waals surface area contributed by atoms with E-state index in [4.69, 9.17) is 4.74 Å². The minimum absolute atomic E-state index is 0. The summed E-state index contributed by atoms with van der Waals surface area (Å²) < 4.78 is 5.66. The molecule has 0 radical (unpaired) electrons. The number of carbonyl (C=O) groups is 1. The number of benzene rings is 2. The molecular weight excluding hydrogens is 543 g/mol. The fourth-order valence-electron chi connectivity index (χ4n) is 6.39. The molecule has 6 nitrogen and oxygen atoms in total. The van der Waals surface area contributed by atoms with Gasteiger partial charge in [-0.25, -0.2) is 0 Å². The highest BCUT2D eigenvalue weighted by Gasteiger charge is 2.29. The first-order valence-corrected chi connectivity index (χ1v) is 14.5. The molecule has 1 amide bonds. The van der Waals surface area contributed by atoms with E-state index < -0.39 is 0 Å². The second-order valence-electron chi connectivity index (χ2n) is 11.1. The van der Waals surface area contributed by atoms with E-state index >= 15 is 0 Å². The minimum atomic E-state index is 0. The van der Waals surface area contributed by atoms with Crippen LogP contribution in [0.25, 0.3) is 10.9 Å². The van der Waals surface area contributed by atoms with Gasteiger partial charge in [0.15, 0.2) is 0 Å². The average Bonchev–Trinajstić information content (AvgIpc) is 3.30. The van der Waals surface area contributed by atoms with Gasteiger partial charge in [0.25, 0.3) is 5.91 Å². The van der Waals surface area contributed by atoms with Gasteiger partial charge in [-0.2, -0.15) is 0 Å². The number of ether oxygens (including phenoxy) is 1. The summed E-state index contributed by atoms with van der Waals surface area (Å²) in [5.41, 5.74) is 7.38. The molecule has 8 heteroatoms. The Labute approximate surface area is 252 Å². The lowest BCUT2D eigenvalue weighted by atomic mass is 9.84. The Hall–Kier alpha value is -2.09. The molecule has 0 saturated carbocycles. The number of piperazine rings is 1. The van der Waals surface area contributed by atoms with E-state index in [1.54, 1.807) is 5.56 Å². The molecule has 5 rings (SSSR count). The van der Waals surface area contributed by atoms with Crippen LogP contribution in [0.1, 0.15) is 64.8 Å². The van der Waals surface area contributed by atoms with Crippen LogP contribution in [-0.2, 0) is 11.3 Å². The SMILES string of the molecule is CCCOCCN1CCN(C(=O)c2[nH]c3ccccc3c2CN2CCC(c3c(C)cccc3C)CC2)CC1.Cl.Cl. The zero-order valence-electron chi connectivity index (χ0n) is 24.3. The molecule has 0 unspecified atom stereocenters. The van der Waals surface area contributed by atoms with Gasteiger partial charge in [-0.05, 0) is 74.9 Å². The van der Waals surface area contributed by atoms with Crippen molar-refractivity contribution in [3.8, 4) is 0 Å². The van der Waals surface area contributed by atoms with Gasteiger partial charge < -0.3 is 14.6 Å².